The van der Waals surface area contributed by atoms with Gasteiger partial charge in [-0.1, -0.05) is 42.5 Å². The molecule has 12 nitrogen and oxygen atoms in total. The Labute approximate surface area is 252 Å². The van der Waals surface area contributed by atoms with Crippen LogP contribution in [-0.2, 0) is 51.8 Å². The number of nitrogens with zero attached hydrogens (tertiary/aromatic N) is 1. The van der Waals surface area contributed by atoms with Gasteiger partial charge in [0.05, 0.1) is 24.0 Å². The summed E-state index contributed by atoms with van der Waals surface area (Å²) >= 11 is 0. The zero-order valence-corrected chi connectivity index (χ0v) is 24.2. The molecular weight excluding hydrogens is 574 g/mol. The number of hydrogen-bond donors (Lipinski definition) is 3. The number of carbonyl (C=O) groups is 4. The van der Waals surface area contributed by atoms with Crippen LogP contribution >= 0.6 is 0 Å². The summed E-state index contributed by atoms with van der Waals surface area (Å²) in [5, 5.41) is 31.7. The van der Waals surface area contributed by atoms with Crippen molar-refractivity contribution in [1.82, 2.24) is 4.90 Å². The number of piperidine rings is 1. The Balaban J connectivity index is 1.35. The Kier molecular flexibility index (Phi) is 7.47. The van der Waals surface area contributed by atoms with Crippen molar-refractivity contribution in [1.29, 1.82) is 0 Å². The van der Waals surface area contributed by atoms with Crippen molar-refractivity contribution in [2.75, 3.05) is 13.6 Å². The molecule has 2 aromatic carbocycles. The van der Waals surface area contributed by atoms with Gasteiger partial charge >= 0.3 is 23.9 Å². The van der Waals surface area contributed by atoms with E-state index in [-0.39, 0.29) is 30.4 Å². The Morgan fingerprint density at radius 3 is 2.52 bits per heavy atom. The summed E-state index contributed by atoms with van der Waals surface area (Å²) in [6, 6.07) is 11.6. The highest BCUT2D eigenvalue weighted by atomic mass is 16.6. The molecule has 2 aliphatic carbocycles. The molecule has 6 rings (SSSR count). The molecule has 1 saturated heterocycles. The third kappa shape index (κ3) is 4.56. The first-order valence-electron chi connectivity index (χ1n) is 14.4. The van der Waals surface area contributed by atoms with Gasteiger partial charge in [-0.3, -0.25) is 9.59 Å². The lowest BCUT2D eigenvalue weighted by atomic mass is 9.50. The predicted octanol–water partition coefficient (Wildman–Crippen LogP) is 1.69. The molecule has 12 heteroatoms. The number of benzene rings is 2. The molecule has 1 fully saturated rings. The van der Waals surface area contributed by atoms with Gasteiger partial charge in [0, 0.05) is 36.1 Å². The smallest absolute Gasteiger partial charge is 0.357 e. The molecular formula is C32H33NO11. The average Bonchev–Trinajstić information content (AvgIpc) is 3.34. The fourth-order valence-corrected chi connectivity index (χ4v) is 7.41. The van der Waals surface area contributed by atoms with Crippen LogP contribution in [0.5, 0.6) is 5.75 Å². The monoisotopic (exact) mass is 607 g/mol. The lowest BCUT2D eigenvalue weighted by Gasteiger charge is -2.61. The standard InChI is InChI=1S/C32H33NO11/c1-17(35)41-22(15-24(36)37)29(38)44-27(18-6-4-3-5-7-18)30(39)42-21-10-11-32(40)23-14-19-8-9-20(16-34)26-25(19)31(32,28(21)43-26)12-13-33(23)2/h3-10,22-23,27-28,34,40H,11-16H2,1-2H3,(H,36,37)/t22-,23+,27-,28-,31-,32+/m0/s1. The van der Waals surface area contributed by atoms with Gasteiger partial charge in [0.15, 0.2) is 6.10 Å². The Morgan fingerprint density at radius 2 is 1.84 bits per heavy atom. The molecule has 2 heterocycles. The largest absolute Gasteiger partial charge is 0.481 e. The number of ether oxygens (including phenoxy) is 4. The van der Waals surface area contributed by atoms with Crippen LogP contribution in [0.2, 0.25) is 0 Å². The summed E-state index contributed by atoms with van der Waals surface area (Å²) in [6.45, 7) is 1.40. The van der Waals surface area contributed by atoms with E-state index in [2.05, 4.69) is 4.90 Å². The van der Waals surface area contributed by atoms with Gasteiger partial charge in [0.1, 0.15) is 11.5 Å². The van der Waals surface area contributed by atoms with Crippen LogP contribution in [0, 0.1) is 0 Å². The molecule has 0 unspecified atom stereocenters. The molecule has 4 aliphatic rings. The number of likely N-dealkylation sites (tertiary alicyclic amines) is 1. The number of aliphatic hydroxyl groups is 2. The minimum Gasteiger partial charge on any atom is -0.481 e. The molecule has 0 aromatic heterocycles. The lowest BCUT2D eigenvalue weighted by Crippen LogP contribution is -2.74. The quantitative estimate of drug-likeness (QED) is 0.279. The van der Waals surface area contributed by atoms with Crippen molar-refractivity contribution < 1.29 is 53.4 Å². The fraction of sp³-hybridized carbons (Fsp3) is 0.438. The molecule has 2 aromatic rings. The van der Waals surface area contributed by atoms with Crippen molar-refractivity contribution in [2.24, 2.45) is 0 Å². The number of esters is 3. The maximum Gasteiger partial charge on any atom is 0.357 e. The van der Waals surface area contributed by atoms with E-state index < -0.39 is 59.6 Å². The molecule has 1 spiro atoms. The third-order valence-corrected chi connectivity index (χ3v) is 9.33. The predicted molar refractivity (Wildman–Crippen MR) is 150 cm³/mol. The minimum absolute atomic E-state index is 0.134. The van der Waals surface area contributed by atoms with Crippen molar-refractivity contribution in [3.63, 3.8) is 0 Å². The van der Waals surface area contributed by atoms with E-state index >= 15 is 0 Å². The summed E-state index contributed by atoms with van der Waals surface area (Å²) in [5.74, 6) is -3.91. The van der Waals surface area contributed by atoms with Gasteiger partial charge in [-0.15, -0.1) is 0 Å². The van der Waals surface area contributed by atoms with Gasteiger partial charge in [-0.25, -0.2) is 9.59 Å². The van der Waals surface area contributed by atoms with Crippen LogP contribution in [0.15, 0.2) is 54.3 Å². The van der Waals surface area contributed by atoms with Crippen molar-refractivity contribution >= 4 is 23.9 Å². The molecule has 232 valence electrons. The molecule has 44 heavy (non-hydrogen) atoms. The maximum absolute atomic E-state index is 13.8. The first-order chi connectivity index (χ1) is 21.0. The summed E-state index contributed by atoms with van der Waals surface area (Å²) in [7, 11) is 1.97. The average molecular weight is 608 g/mol. The maximum atomic E-state index is 13.8. The van der Waals surface area contributed by atoms with Crippen LogP contribution in [0.1, 0.15) is 54.5 Å². The number of rotatable bonds is 9. The molecule has 3 N–H and O–H groups in total. The van der Waals surface area contributed by atoms with Crippen molar-refractivity contribution in [2.45, 2.75) is 74.6 Å². The second kappa shape index (κ2) is 11.0. The highest BCUT2D eigenvalue weighted by Gasteiger charge is 2.72. The number of carboxylic acids is 1. The van der Waals surface area contributed by atoms with Crippen LogP contribution in [0.4, 0.5) is 0 Å². The van der Waals surface area contributed by atoms with Gasteiger partial charge in [-0.05, 0) is 38.1 Å². The topological polar surface area (TPSA) is 169 Å². The number of hydrogen-bond acceptors (Lipinski definition) is 11. The second-order valence-electron chi connectivity index (χ2n) is 11.7. The third-order valence-electron chi connectivity index (χ3n) is 9.33. The van der Waals surface area contributed by atoms with Crippen LogP contribution < -0.4 is 4.74 Å². The molecule has 0 saturated carbocycles. The van der Waals surface area contributed by atoms with Crippen LogP contribution in [0.3, 0.4) is 0 Å². The molecule has 6 atom stereocenters. The van der Waals surface area contributed by atoms with Gasteiger partial charge in [0.25, 0.3) is 0 Å². The van der Waals surface area contributed by atoms with Crippen LogP contribution in [0.25, 0.3) is 0 Å². The van der Waals surface area contributed by atoms with Gasteiger partial charge in [0.2, 0.25) is 12.2 Å². The van der Waals surface area contributed by atoms with Gasteiger partial charge in [-0.2, -0.15) is 0 Å². The highest BCUT2D eigenvalue weighted by molar-refractivity contribution is 5.87. The highest BCUT2D eigenvalue weighted by Crippen LogP contribution is 2.64. The summed E-state index contributed by atoms with van der Waals surface area (Å²) in [6.07, 6.45) is -2.31. The molecule has 2 aliphatic heterocycles. The number of carboxylic acid groups (broad SMARTS) is 1. The second-order valence-corrected chi connectivity index (χ2v) is 11.7. The Morgan fingerprint density at radius 1 is 1.09 bits per heavy atom. The zero-order valence-electron chi connectivity index (χ0n) is 24.2. The first-order valence-corrected chi connectivity index (χ1v) is 14.4. The lowest BCUT2D eigenvalue weighted by molar-refractivity contribution is -0.183. The molecule has 0 amide bonds. The number of likely N-dealkylation sites (N-methyl/N-ethyl adjacent to an activating group) is 1. The van der Waals surface area contributed by atoms with Crippen molar-refractivity contribution in [3.8, 4) is 5.75 Å². The minimum atomic E-state index is -1.78. The molecule has 2 bridgehead atoms. The van der Waals surface area contributed by atoms with Crippen LogP contribution in [-0.4, -0.2) is 81.5 Å². The number of carbonyl (C=O) groups excluding carboxylic acids is 3. The fourth-order valence-electron chi connectivity index (χ4n) is 7.41. The molecule has 0 radical (unpaired) electrons. The SMILES string of the molecule is CC(=O)O[C@@H](CC(=O)O)C(=O)O[C@H](C(=O)OC1=CC[C@@]2(O)[C@H]3Cc4ccc(CO)c5c4[C@@]2(CCN3C)[C@H]1O5)c1ccccc1. The van der Waals surface area contributed by atoms with Crippen molar-refractivity contribution in [3.05, 3.63) is 76.6 Å². The van der Waals surface area contributed by atoms with E-state index in [1.54, 1.807) is 30.3 Å². The summed E-state index contributed by atoms with van der Waals surface area (Å²) in [5.41, 5.74) is 0.428. The summed E-state index contributed by atoms with van der Waals surface area (Å²) < 4.78 is 22.8. The Bertz CT molecular complexity index is 1540. The van der Waals surface area contributed by atoms with E-state index in [9.17, 15) is 34.5 Å². The van der Waals surface area contributed by atoms with Gasteiger partial charge < -0.3 is 39.2 Å². The van der Waals surface area contributed by atoms with E-state index in [1.165, 1.54) is 12.1 Å². The zero-order chi connectivity index (χ0) is 31.4. The summed E-state index contributed by atoms with van der Waals surface area (Å²) in [4.78, 5) is 51.9. The van der Waals surface area contributed by atoms with E-state index in [0.717, 1.165) is 18.1 Å². The number of aliphatic hydroxyl groups excluding tert-OH is 1. The number of aliphatic carboxylic acids is 1. The normalized spacial score (nSPS) is 27.6. The van der Waals surface area contributed by atoms with E-state index in [4.69, 9.17) is 18.9 Å². The van der Waals surface area contributed by atoms with E-state index in [0.29, 0.717) is 30.7 Å². The van der Waals surface area contributed by atoms with E-state index in [1.807, 2.05) is 13.1 Å². The Hall–Kier alpha value is -4.26. The first kappa shape index (κ1) is 29.8.